The first kappa shape index (κ1) is 24.0. The number of fused-ring (bicyclic) bond motifs is 1. The maximum absolute atomic E-state index is 13.0. The van der Waals surface area contributed by atoms with Crippen molar-refractivity contribution in [2.24, 2.45) is 0 Å². The minimum atomic E-state index is -2.35. The van der Waals surface area contributed by atoms with E-state index in [1.807, 2.05) is 34.9 Å². The van der Waals surface area contributed by atoms with Crippen molar-refractivity contribution in [1.29, 1.82) is 0 Å². The molecule has 10 heteroatoms. The number of carbonyl (C=O) groups is 2. The Labute approximate surface area is 205 Å². The number of aromatic nitrogens is 2. The number of halogens is 1. The van der Waals surface area contributed by atoms with Crippen molar-refractivity contribution in [3.8, 4) is 0 Å². The summed E-state index contributed by atoms with van der Waals surface area (Å²) >= 11 is 7.69. The van der Waals surface area contributed by atoms with E-state index in [0.29, 0.717) is 39.1 Å². The van der Waals surface area contributed by atoms with E-state index in [1.54, 1.807) is 36.9 Å². The molecule has 0 radical (unpaired) electrons. The molecule has 0 bridgehead atoms. The molecular formula is C24H22ClN4O3PS. The van der Waals surface area contributed by atoms with Crippen LogP contribution in [0.2, 0.25) is 5.02 Å². The largest absolute Gasteiger partial charge is 0.322 e. The third-order valence-electron chi connectivity index (χ3n) is 5.12. The van der Waals surface area contributed by atoms with E-state index in [4.69, 9.17) is 11.6 Å². The SMILES string of the molecule is C=CC(=O)Nc1csc(C(=O)Nc2nc3cccc(Cl)c3n2Cc2ccc(P(C)(C)=O)cc2)c1. The van der Waals surface area contributed by atoms with Gasteiger partial charge in [0.25, 0.3) is 5.91 Å². The first-order chi connectivity index (χ1) is 16.2. The lowest BCUT2D eigenvalue weighted by molar-refractivity contribution is -0.111. The van der Waals surface area contributed by atoms with E-state index in [2.05, 4.69) is 22.2 Å². The van der Waals surface area contributed by atoms with Crippen molar-refractivity contribution >= 4 is 69.9 Å². The predicted molar refractivity (Wildman–Crippen MR) is 140 cm³/mol. The first-order valence-corrected chi connectivity index (χ1v) is 14.1. The highest BCUT2D eigenvalue weighted by atomic mass is 35.5. The Morgan fingerprint density at radius 1 is 1.18 bits per heavy atom. The number of para-hydroxylation sites is 1. The lowest BCUT2D eigenvalue weighted by atomic mass is 10.2. The second-order valence-corrected chi connectivity index (χ2v) is 12.5. The lowest BCUT2D eigenvalue weighted by Crippen LogP contribution is -2.16. The maximum atomic E-state index is 13.0. The van der Waals surface area contributed by atoms with Crippen LogP contribution in [-0.2, 0) is 15.9 Å². The number of imidazole rings is 1. The van der Waals surface area contributed by atoms with Crippen molar-refractivity contribution < 1.29 is 14.2 Å². The van der Waals surface area contributed by atoms with Gasteiger partial charge in [0.1, 0.15) is 7.14 Å². The molecule has 4 aromatic rings. The molecule has 0 aliphatic rings. The Balaban J connectivity index is 1.65. The smallest absolute Gasteiger partial charge is 0.268 e. The van der Waals surface area contributed by atoms with Crippen molar-refractivity contribution in [2.75, 3.05) is 24.0 Å². The molecule has 0 fully saturated rings. The standard InChI is InChI=1S/C24H22ClN4O3PS/c1-4-21(30)26-16-12-20(34-14-16)23(31)28-24-27-19-7-5-6-18(25)22(19)29(24)13-15-8-10-17(11-9-15)33(2,3)32/h4-12,14H,1,13H2,2-3H3,(H,26,30)(H,27,28,31). The molecule has 174 valence electrons. The van der Waals surface area contributed by atoms with Gasteiger partial charge in [-0.15, -0.1) is 11.3 Å². The summed E-state index contributed by atoms with van der Waals surface area (Å²) in [5, 5.41) is 8.49. The van der Waals surface area contributed by atoms with Gasteiger partial charge in [0, 0.05) is 10.7 Å². The van der Waals surface area contributed by atoms with Gasteiger partial charge in [0.2, 0.25) is 11.9 Å². The Morgan fingerprint density at radius 3 is 2.59 bits per heavy atom. The molecule has 0 aliphatic carbocycles. The van der Waals surface area contributed by atoms with Gasteiger partial charge < -0.3 is 14.4 Å². The number of amides is 2. The van der Waals surface area contributed by atoms with E-state index in [9.17, 15) is 14.2 Å². The van der Waals surface area contributed by atoms with E-state index in [1.165, 1.54) is 11.3 Å². The van der Waals surface area contributed by atoms with Crippen molar-refractivity contribution in [3.63, 3.8) is 0 Å². The number of benzene rings is 2. The number of hydrogen-bond donors (Lipinski definition) is 2. The number of anilines is 2. The average molecular weight is 513 g/mol. The number of nitrogens with zero attached hydrogens (tertiary/aromatic N) is 2. The van der Waals surface area contributed by atoms with Crippen LogP contribution in [-0.4, -0.2) is 34.7 Å². The summed E-state index contributed by atoms with van der Waals surface area (Å²) in [7, 11) is -2.35. The molecule has 2 N–H and O–H groups in total. The molecule has 2 amide bonds. The summed E-state index contributed by atoms with van der Waals surface area (Å²) in [4.78, 5) is 29.5. The Bertz CT molecular complexity index is 1450. The summed E-state index contributed by atoms with van der Waals surface area (Å²) in [6.07, 6.45) is 1.16. The second-order valence-electron chi connectivity index (χ2n) is 7.99. The molecule has 4 rings (SSSR count). The highest BCUT2D eigenvalue weighted by Crippen LogP contribution is 2.34. The first-order valence-electron chi connectivity index (χ1n) is 10.3. The van der Waals surface area contributed by atoms with Crippen LogP contribution in [0.3, 0.4) is 0 Å². The molecule has 34 heavy (non-hydrogen) atoms. The van der Waals surface area contributed by atoms with Crippen LogP contribution < -0.4 is 15.9 Å². The molecule has 2 heterocycles. The predicted octanol–water partition coefficient (Wildman–Crippen LogP) is 5.42. The highest BCUT2D eigenvalue weighted by Gasteiger charge is 2.18. The fourth-order valence-corrected chi connectivity index (χ4v) is 5.28. The monoisotopic (exact) mass is 512 g/mol. The quantitative estimate of drug-likeness (QED) is 0.255. The second kappa shape index (κ2) is 9.58. The topological polar surface area (TPSA) is 93.1 Å². The zero-order valence-electron chi connectivity index (χ0n) is 18.5. The summed E-state index contributed by atoms with van der Waals surface area (Å²) < 4.78 is 14.2. The molecule has 0 saturated carbocycles. The molecule has 2 aromatic heterocycles. The average Bonchev–Trinajstić information content (AvgIpc) is 3.39. The van der Waals surface area contributed by atoms with Gasteiger partial charge in [-0.25, -0.2) is 4.98 Å². The number of thiophene rings is 1. The Kier molecular flexibility index (Phi) is 6.75. The van der Waals surface area contributed by atoms with Gasteiger partial charge in [-0.2, -0.15) is 0 Å². The minimum Gasteiger partial charge on any atom is -0.322 e. The highest BCUT2D eigenvalue weighted by molar-refractivity contribution is 7.70. The normalized spacial score (nSPS) is 11.4. The molecular weight excluding hydrogens is 491 g/mol. The van der Waals surface area contributed by atoms with Crippen LogP contribution in [0.1, 0.15) is 15.2 Å². The van der Waals surface area contributed by atoms with Crippen molar-refractivity contribution in [3.05, 3.63) is 82.0 Å². The molecule has 0 saturated heterocycles. The van der Waals surface area contributed by atoms with Gasteiger partial charge in [0.15, 0.2) is 0 Å². The van der Waals surface area contributed by atoms with Crippen LogP contribution in [0.4, 0.5) is 11.6 Å². The Morgan fingerprint density at radius 2 is 1.91 bits per heavy atom. The van der Waals surface area contributed by atoms with Gasteiger partial charge in [0.05, 0.1) is 33.2 Å². The van der Waals surface area contributed by atoms with Crippen molar-refractivity contribution in [2.45, 2.75) is 6.54 Å². The van der Waals surface area contributed by atoms with E-state index in [0.717, 1.165) is 16.9 Å². The summed E-state index contributed by atoms with van der Waals surface area (Å²) in [5.41, 5.74) is 2.81. The number of hydrogen-bond acceptors (Lipinski definition) is 5. The molecule has 0 spiro atoms. The zero-order valence-corrected chi connectivity index (χ0v) is 21.0. The van der Waals surface area contributed by atoms with Gasteiger partial charge in [-0.1, -0.05) is 48.5 Å². The third kappa shape index (κ3) is 5.14. The molecule has 0 atom stereocenters. The van der Waals surface area contributed by atoms with Crippen molar-refractivity contribution in [1.82, 2.24) is 9.55 Å². The lowest BCUT2D eigenvalue weighted by Gasteiger charge is -2.12. The van der Waals surface area contributed by atoms with Gasteiger partial charge in [-0.05, 0) is 43.2 Å². The van der Waals surface area contributed by atoms with Crippen LogP contribution in [0.5, 0.6) is 0 Å². The summed E-state index contributed by atoms with van der Waals surface area (Å²) in [6, 6.07) is 14.5. The minimum absolute atomic E-state index is 0.346. The van der Waals surface area contributed by atoms with Crippen LogP contribution in [0, 0.1) is 0 Å². The van der Waals surface area contributed by atoms with Crippen LogP contribution >= 0.6 is 30.1 Å². The third-order valence-corrected chi connectivity index (χ3v) is 7.89. The fourth-order valence-electron chi connectivity index (χ4n) is 3.41. The zero-order chi connectivity index (χ0) is 24.5. The Hall–Kier alpha value is -3.19. The molecule has 7 nitrogen and oxygen atoms in total. The van der Waals surface area contributed by atoms with Gasteiger partial charge in [-0.3, -0.25) is 14.9 Å². The number of rotatable bonds is 7. The molecule has 0 unspecified atom stereocenters. The molecule has 2 aromatic carbocycles. The maximum Gasteiger partial charge on any atom is 0.268 e. The van der Waals surface area contributed by atoms with E-state index < -0.39 is 7.14 Å². The molecule has 0 aliphatic heterocycles. The summed E-state index contributed by atoms with van der Waals surface area (Å²) in [5.74, 6) is -0.362. The fraction of sp³-hybridized carbons (Fsp3) is 0.125. The van der Waals surface area contributed by atoms with Gasteiger partial charge >= 0.3 is 0 Å². The summed E-state index contributed by atoms with van der Waals surface area (Å²) in [6.45, 7) is 7.29. The van der Waals surface area contributed by atoms with E-state index in [-0.39, 0.29) is 11.8 Å². The van der Waals surface area contributed by atoms with Crippen LogP contribution in [0.25, 0.3) is 11.0 Å². The van der Waals surface area contributed by atoms with Crippen LogP contribution in [0.15, 0.2) is 66.6 Å². The number of carbonyl (C=O) groups excluding carboxylic acids is 2. The number of nitrogens with one attached hydrogen (secondary N) is 2. The van der Waals surface area contributed by atoms with E-state index >= 15 is 0 Å².